The van der Waals surface area contributed by atoms with E-state index in [-0.39, 0.29) is 29.0 Å². The number of Topliss-reactive ketones (excluding diaryl/α,β-unsaturated/α-hetero) is 1. The highest BCUT2D eigenvalue weighted by atomic mass is 16.3. The summed E-state index contributed by atoms with van der Waals surface area (Å²) in [5.41, 5.74) is -0.0796. The van der Waals surface area contributed by atoms with Crippen LogP contribution in [0.2, 0.25) is 0 Å². The van der Waals surface area contributed by atoms with E-state index >= 15 is 0 Å². The number of hydrogen-bond acceptors (Lipinski definition) is 3. The van der Waals surface area contributed by atoms with E-state index in [9.17, 15) is 15.0 Å². The smallest absolute Gasteiger partial charge is 0.137 e. The van der Waals surface area contributed by atoms with Crippen molar-refractivity contribution in [1.29, 1.82) is 0 Å². The first-order chi connectivity index (χ1) is 10.4. The predicted octanol–water partition coefficient (Wildman–Crippen LogP) is 2.93. The molecule has 0 amide bonds. The Kier molecular flexibility index (Phi) is 3.30. The number of fused-ring (bicyclic) bond motifs is 5. The lowest BCUT2D eigenvalue weighted by Crippen LogP contribution is -2.58. The lowest BCUT2D eigenvalue weighted by molar-refractivity contribution is -0.164. The van der Waals surface area contributed by atoms with E-state index in [0.717, 1.165) is 44.9 Å². The van der Waals surface area contributed by atoms with E-state index in [1.54, 1.807) is 0 Å². The van der Waals surface area contributed by atoms with Crippen molar-refractivity contribution in [2.75, 3.05) is 0 Å². The summed E-state index contributed by atoms with van der Waals surface area (Å²) < 4.78 is 0. The Hall–Kier alpha value is -0.410. The molecule has 0 saturated heterocycles. The third-order valence-corrected chi connectivity index (χ3v) is 8.27. The Morgan fingerprint density at radius 1 is 1.00 bits per heavy atom. The van der Waals surface area contributed by atoms with Crippen LogP contribution in [-0.4, -0.2) is 28.2 Å². The molecule has 0 aromatic carbocycles. The van der Waals surface area contributed by atoms with Gasteiger partial charge in [0.25, 0.3) is 0 Å². The van der Waals surface area contributed by atoms with Gasteiger partial charge >= 0.3 is 0 Å². The Bertz CT molecular complexity index is 489. The van der Waals surface area contributed by atoms with Crippen LogP contribution in [0.5, 0.6) is 0 Å². The van der Waals surface area contributed by atoms with Crippen molar-refractivity contribution >= 4 is 5.78 Å². The molecule has 4 fully saturated rings. The highest BCUT2D eigenvalue weighted by Gasteiger charge is 2.63. The zero-order chi connectivity index (χ0) is 15.7. The molecule has 0 aromatic heterocycles. The lowest BCUT2D eigenvalue weighted by atomic mass is 9.45. The fraction of sp³-hybridized carbons (Fsp3) is 0.947. The first-order valence-electron chi connectivity index (χ1n) is 9.25. The Labute approximate surface area is 133 Å². The number of ketones is 1. The second-order valence-corrected chi connectivity index (χ2v) is 9.20. The van der Waals surface area contributed by atoms with Gasteiger partial charge in [0.2, 0.25) is 0 Å². The molecule has 0 aromatic rings. The molecule has 0 heterocycles. The van der Waals surface area contributed by atoms with Gasteiger partial charge in [-0.3, -0.25) is 4.79 Å². The van der Waals surface area contributed by atoms with Crippen molar-refractivity contribution < 1.29 is 15.0 Å². The highest BCUT2D eigenvalue weighted by molar-refractivity contribution is 5.84. The van der Waals surface area contributed by atoms with Crippen molar-refractivity contribution in [3.63, 3.8) is 0 Å². The largest absolute Gasteiger partial charge is 0.393 e. The molecule has 0 spiro atoms. The van der Waals surface area contributed by atoms with E-state index in [1.165, 1.54) is 0 Å². The summed E-state index contributed by atoms with van der Waals surface area (Å²) >= 11 is 0. The third-order valence-electron chi connectivity index (χ3n) is 8.27. The molecule has 4 aliphatic rings. The summed E-state index contributed by atoms with van der Waals surface area (Å²) in [5.74, 6) is 2.10. The van der Waals surface area contributed by atoms with Crippen molar-refractivity contribution in [3.8, 4) is 0 Å². The summed E-state index contributed by atoms with van der Waals surface area (Å²) in [4.78, 5) is 13.1. The molecule has 0 bridgehead atoms. The van der Waals surface area contributed by atoms with E-state index in [2.05, 4.69) is 13.8 Å². The van der Waals surface area contributed by atoms with Gasteiger partial charge in [0.1, 0.15) is 5.78 Å². The summed E-state index contributed by atoms with van der Waals surface area (Å²) in [6.45, 7) is 4.48. The van der Waals surface area contributed by atoms with Gasteiger partial charge in [-0.2, -0.15) is 0 Å². The molecule has 3 nitrogen and oxygen atoms in total. The molecule has 124 valence electrons. The molecule has 4 rings (SSSR count). The average molecular weight is 306 g/mol. The maximum atomic E-state index is 13.1. The number of hydrogen-bond donors (Lipinski definition) is 2. The molecule has 0 radical (unpaired) electrons. The molecule has 4 aliphatic carbocycles. The van der Waals surface area contributed by atoms with Crippen LogP contribution >= 0.6 is 0 Å². The van der Waals surface area contributed by atoms with Gasteiger partial charge in [0, 0.05) is 17.8 Å². The number of aliphatic hydroxyl groups is 2. The van der Waals surface area contributed by atoms with E-state index in [0.29, 0.717) is 30.0 Å². The zero-order valence-electron chi connectivity index (χ0n) is 13.9. The van der Waals surface area contributed by atoms with Crippen molar-refractivity contribution in [3.05, 3.63) is 0 Å². The van der Waals surface area contributed by atoms with Crippen molar-refractivity contribution in [2.45, 2.75) is 77.4 Å². The number of carbonyl (C=O) groups is 1. The van der Waals surface area contributed by atoms with Crippen LogP contribution in [0.25, 0.3) is 0 Å². The van der Waals surface area contributed by atoms with Crippen molar-refractivity contribution in [1.82, 2.24) is 0 Å². The minimum atomic E-state index is -0.291. The van der Waals surface area contributed by atoms with Gasteiger partial charge in [0.05, 0.1) is 12.2 Å². The summed E-state index contributed by atoms with van der Waals surface area (Å²) in [6, 6.07) is 0. The molecule has 0 aliphatic heterocycles. The maximum Gasteiger partial charge on any atom is 0.137 e. The summed E-state index contributed by atoms with van der Waals surface area (Å²) in [6.07, 6.45) is 7.11. The first kappa shape index (κ1) is 15.1. The van der Waals surface area contributed by atoms with Gasteiger partial charge in [-0.1, -0.05) is 13.8 Å². The normalized spacial score (nSPS) is 57.9. The molecule has 3 heteroatoms. The van der Waals surface area contributed by atoms with Crippen molar-refractivity contribution in [2.24, 2.45) is 34.5 Å². The molecule has 8 atom stereocenters. The fourth-order valence-electron chi connectivity index (χ4n) is 7.03. The zero-order valence-corrected chi connectivity index (χ0v) is 13.9. The van der Waals surface area contributed by atoms with Gasteiger partial charge < -0.3 is 10.2 Å². The molecular weight excluding hydrogens is 276 g/mol. The monoisotopic (exact) mass is 306 g/mol. The van der Waals surface area contributed by atoms with Crippen LogP contribution in [0.3, 0.4) is 0 Å². The molecule has 4 saturated carbocycles. The molecule has 8 unspecified atom stereocenters. The summed E-state index contributed by atoms with van der Waals surface area (Å²) in [7, 11) is 0. The topological polar surface area (TPSA) is 57.5 Å². The summed E-state index contributed by atoms with van der Waals surface area (Å²) in [5, 5.41) is 20.5. The van der Waals surface area contributed by atoms with Crippen LogP contribution in [0.1, 0.15) is 65.2 Å². The first-order valence-corrected chi connectivity index (χ1v) is 9.25. The van der Waals surface area contributed by atoms with E-state index < -0.39 is 0 Å². The molecular formula is C19H30O3. The van der Waals surface area contributed by atoms with Crippen LogP contribution in [0, 0.1) is 34.5 Å². The predicted molar refractivity (Wildman–Crippen MR) is 84.1 cm³/mol. The van der Waals surface area contributed by atoms with Gasteiger partial charge in [-0.25, -0.2) is 0 Å². The fourth-order valence-corrected chi connectivity index (χ4v) is 7.03. The molecule has 2 N–H and O–H groups in total. The lowest BCUT2D eigenvalue weighted by Gasteiger charge is -2.59. The van der Waals surface area contributed by atoms with Gasteiger partial charge in [-0.05, 0) is 68.1 Å². The minimum absolute atomic E-state index is 0.0914. The van der Waals surface area contributed by atoms with Crippen LogP contribution in [0.15, 0.2) is 0 Å². The van der Waals surface area contributed by atoms with Gasteiger partial charge in [-0.15, -0.1) is 0 Å². The van der Waals surface area contributed by atoms with Crippen LogP contribution in [0.4, 0.5) is 0 Å². The van der Waals surface area contributed by atoms with Crippen LogP contribution in [-0.2, 0) is 4.79 Å². The average Bonchev–Trinajstić information content (AvgIpc) is 2.75. The third kappa shape index (κ3) is 1.84. The second kappa shape index (κ2) is 4.80. The van der Waals surface area contributed by atoms with E-state index in [1.807, 2.05) is 0 Å². The van der Waals surface area contributed by atoms with Crippen LogP contribution < -0.4 is 0 Å². The maximum absolute atomic E-state index is 13.1. The minimum Gasteiger partial charge on any atom is -0.393 e. The second-order valence-electron chi connectivity index (χ2n) is 9.20. The molecule has 22 heavy (non-hydrogen) atoms. The standard InChI is InChI=1S/C19H30O3/c1-18-8-7-12(20)9-11(18)3-4-13-14-5-6-16(22)19(14,2)10-15(21)17(13)18/h11-14,16-17,20,22H,3-10H2,1-2H3. The number of aliphatic hydroxyl groups excluding tert-OH is 2. The van der Waals surface area contributed by atoms with E-state index in [4.69, 9.17) is 0 Å². The number of carbonyl (C=O) groups excluding carboxylic acids is 1. The highest BCUT2D eigenvalue weighted by Crippen LogP contribution is 2.65. The Balaban J connectivity index is 1.69. The Morgan fingerprint density at radius 3 is 2.55 bits per heavy atom. The van der Waals surface area contributed by atoms with Gasteiger partial charge in [0.15, 0.2) is 0 Å². The SMILES string of the molecule is CC12CC(=O)C3C(CCC4CC(O)CCC43C)C1CCC2O. The Morgan fingerprint density at radius 2 is 1.77 bits per heavy atom. The quantitative estimate of drug-likeness (QED) is 0.723. The number of rotatable bonds is 0.